The normalized spacial score (nSPS) is 11.8. The van der Waals surface area contributed by atoms with Gasteiger partial charge in [0.25, 0.3) is 11.8 Å². The Morgan fingerprint density at radius 2 is 1.75 bits per heavy atom. The zero-order chi connectivity index (χ0) is 32.2. The molecule has 17 heteroatoms. The van der Waals surface area contributed by atoms with Crippen molar-refractivity contribution >= 4 is 50.7 Å². The molecule has 4 N–H and O–H groups in total. The lowest BCUT2D eigenvalue weighted by Gasteiger charge is -2.16. The van der Waals surface area contributed by atoms with Crippen LogP contribution in [-0.4, -0.2) is 42.0 Å². The van der Waals surface area contributed by atoms with Crippen LogP contribution in [0.25, 0.3) is 5.82 Å². The quantitative estimate of drug-likeness (QED) is 0.178. The SMILES string of the molecule is CCc1cc(Cl)cc(C(=O)NNC)c1NC(=O)c1cc(CNS(=O)(=O)c2ccccc2C(F)(F)F)nn1-c1ncccc1Cl. The zero-order valence-electron chi connectivity index (χ0n) is 23.0. The van der Waals surface area contributed by atoms with Crippen LogP contribution in [0, 0.1) is 0 Å². The van der Waals surface area contributed by atoms with Crippen LogP contribution in [0.2, 0.25) is 10.0 Å². The number of sulfonamides is 1. The molecule has 0 aliphatic heterocycles. The van der Waals surface area contributed by atoms with Crippen molar-refractivity contribution in [2.75, 3.05) is 12.4 Å². The Morgan fingerprint density at radius 3 is 2.41 bits per heavy atom. The number of aryl methyl sites for hydroxylation is 1. The Morgan fingerprint density at radius 1 is 1.02 bits per heavy atom. The van der Waals surface area contributed by atoms with Crippen molar-refractivity contribution in [1.82, 2.24) is 30.3 Å². The smallest absolute Gasteiger partial charge is 0.320 e. The molecule has 0 atom stereocenters. The van der Waals surface area contributed by atoms with Crippen molar-refractivity contribution in [3.63, 3.8) is 0 Å². The second-order valence-electron chi connectivity index (χ2n) is 9.06. The first-order chi connectivity index (χ1) is 20.8. The number of alkyl halides is 3. The lowest BCUT2D eigenvalue weighted by atomic mass is 10.0. The highest BCUT2D eigenvalue weighted by Crippen LogP contribution is 2.34. The Hall–Kier alpha value is -4.02. The van der Waals surface area contributed by atoms with Crippen molar-refractivity contribution in [2.24, 2.45) is 0 Å². The molecule has 4 rings (SSSR count). The number of carbonyl (C=O) groups is 2. The number of benzene rings is 2. The molecular weight excluding hydrogens is 646 g/mol. The van der Waals surface area contributed by atoms with E-state index < -0.39 is 45.0 Å². The highest BCUT2D eigenvalue weighted by Gasteiger charge is 2.37. The average Bonchev–Trinajstić information content (AvgIpc) is 3.41. The van der Waals surface area contributed by atoms with Crippen LogP contribution in [0.15, 0.2) is 65.7 Å². The van der Waals surface area contributed by atoms with E-state index in [1.807, 2.05) is 0 Å². The third kappa shape index (κ3) is 7.19. The summed E-state index contributed by atoms with van der Waals surface area (Å²) >= 11 is 12.5. The minimum atomic E-state index is -4.92. The molecule has 44 heavy (non-hydrogen) atoms. The lowest BCUT2D eigenvalue weighted by Crippen LogP contribution is -2.35. The number of hydrogen-bond acceptors (Lipinski definition) is 7. The summed E-state index contributed by atoms with van der Waals surface area (Å²) < 4.78 is 69.4. The summed E-state index contributed by atoms with van der Waals surface area (Å²) in [5, 5.41) is 7.31. The standard InChI is InChI=1S/C27H24Cl2F3N7O4S/c1-3-15-11-16(28)12-18(25(40)37-33-2)23(15)36-26(41)21-13-17(38-39(21)24-20(29)8-6-10-34-24)14-35-44(42,43)22-9-5-4-7-19(22)27(30,31)32/h4-13,33,35H,3,14H2,1-2H3,(H,36,41)(H,37,40). The predicted octanol–water partition coefficient (Wildman–Crippen LogP) is 4.75. The van der Waals surface area contributed by atoms with Gasteiger partial charge >= 0.3 is 6.18 Å². The Kier molecular flexibility index (Phi) is 9.95. The van der Waals surface area contributed by atoms with Crippen LogP contribution < -0.4 is 20.9 Å². The summed E-state index contributed by atoms with van der Waals surface area (Å²) in [6, 6.07) is 10.9. The molecule has 2 heterocycles. The molecule has 0 saturated carbocycles. The molecule has 0 unspecified atom stereocenters. The largest absolute Gasteiger partial charge is 0.417 e. The molecule has 0 fully saturated rings. The molecule has 2 amide bonds. The van der Waals surface area contributed by atoms with Crippen molar-refractivity contribution in [3.05, 3.63) is 98.9 Å². The second-order valence-corrected chi connectivity index (χ2v) is 11.6. The third-order valence-electron chi connectivity index (χ3n) is 6.14. The molecule has 0 aliphatic carbocycles. The van der Waals surface area contributed by atoms with Crippen molar-refractivity contribution < 1.29 is 31.2 Å². The highest BCUT2D eigenvalue weighted by atomic mass is 35.5. The van der Waals surface area contributed by atoms with Crippen LogP contribution in [0.5, 0.6) is 0 Å². The first-order valence-corrected chi connectivity index (χ1v) is 15.0. The number of nitrogens with one attached hydrogen (secondary N) is 4. The number of carbonyl (C=O) groups excluding carboxylic acids is 2. The van der Waals surface area contributed by atoms with E-state index in [0.29, 0.717) is 18.1 Å². The van der Waals surface area contributed by atoms with Gasteiger partial charge in [-0.2, -0.15) is 18.3 Å². The van der Waals surface area contributed by atoms with Gasteiger partial charge in [-0.15, -0.1) is 0 Å². The van der Waals surface area contributed by atoms with Gasteiger partial charge in [-0.25, -0.2) is 28.2 Å². The fraction of sp³-hybridized carbons (Fsp3) is 0.185. The molecule has 2 aromatic carbocycles. The maximum absolute atomic E-state index is 13.7. The minimum absolute atomic E-state index is 0.0100. The first kappa shape index (κ1) is 32.9. The Balaban J connectivity index is 1.74. The number of anilines is 1. The topological polar surface area (TPSA) is 147 Å². The molecule has 11 nitrogen and oxygen atoms in total. The van der Waals surface area contributed by atoms with E-state index in [0.717, 1.165) is 22.9 Å². The molecule has 0 radical (unpaired) electrons. The van der Waals surface area contributed by atoms with Gasteiger partial charge in [-0.1, -0.05) is 42.3 Å². The second kappa shape index (κ2) is 13.3. The van der Waals surface area contributed by atoms with Crippen molar-refractivity contribution in [3.8, 4) is 5.82 Å². The van der Waals surface area contributed by atoms with Gasteiger partial charge in [-0.3, -0.25) is 15.0 Å². The maximum atomic E-state index is 13.7. The molecule has 2 aromatic heterocycles. The fourth-order valence-corrected chi connectivity index (χ4v) is 5.85. The van der Waals surface area contributed by atoms with E-state index in [2.05, 4.69) is 31.0 Å². The van der Waals surface area contributed by atoms with Crippen molar-refractivity contribution in [1.29, 1.82) is 0 Å². The molecule has 0 aliphatic rings. The van der Waals surface area contributed by atoms with Crippen molar-refractivity contribution in [2.45, 2.75) is 31.0 Å². The summed E-state index contributed by atoms with van der Waals surface area (Å²) in [5.74, 6) is -1.36. The number of nitrogens with zero attached hydrogens (tertiary/aromatic N) is 3. The predicted molar refractivity (Wildman–Crippen MR) is 157 cm³/mol. The number of hydrogen-bond donors (Lipinski definition) is 4. The zero-order valence-corrected chi connectivity index (χ0v) is 25.3. The lowest BCUT2D eigenvalue weighted by molar-refractivity contribution is -0.139. The highest BCUT2D eigenvalue weighted by molar-refractivity contribution is 7.89. The summed E-state index contributed by atoms with van der Waals surface area (Å²) in [6.07, 6.45) is -3.15. The molecular formula is C27H24Cl2F3N7O4S. The van der Waals surface area contributed by atoms with Gasteiger partial charge in [0.2, 0.25) is 10.0 Å². The van der Waals surface area contributed by atoms with Gasteiger partial charge in [0, 0.05) is 18.3 Å². The number of rotatable bonds is 10. The summed E-state index contributed by atoms with van der Waals surface area (Å²) in [6.45, 7) is 1.20. The minimum Gasteiger partial charge on any atom is -0.320 e. The van der Waals surface area contributed by atoms with Gasteiger partial charge in [0.1, 0.15) is 5.69 Å². The van der Waals surface area contributed by atoms with Crippen LogP contribution in [0.3, 0.4) is 0 Å². The third-order valence-corrected chi connectivity index (χ3v) is 8.12. The van der Waals surface area contributed by atoms with Gasteiger partial charge in [-0.05, 0) is 54.4 Å². The van der Waals surface area contributed by atoms with Crippen LogP contribution in [0.4, 0.5) is 18.9 Å². The maximum Gasteiger partial charge on any atom is 0.417 e. The first-order valence-electron chi connectivity index (χ1n) is 12.7. The summed E-state index contributed by atoms with van der Waals surface area (Å²) in [5.41, 5.74) is 4.11. The summed E-state index contributed by atoms with van der Waals surface area (Å²) in [7, 11) is -3.20. The molecule has 0 spiro atoms. The molecule has 0 saturated heterocycles. The number of aromatic nitrogens is 3. The average molecular weight is 671 g/mol. The Bertz CT molecular complexity index is 1830. The fourth-order valence-electron chi connectivity index (χ4n) is 4.18. The molecule has 232 valence electrons. The number of halogens is 5. The van der Waals surface area contributed by atoms with Gasteiger partial charge in [0.05, 0.1) is 39.0 Å². The summed E-state index contributed by atoms with van der Waals surface area (Å²) in [4.78, 5) is 29.7. The monoisotopic (exact) mass is 669 g/mol. The van der Waals surface area contributed by atoms with E-state index in [9.17, 15) is 31.2 Å². The molecule has 4 aromatic rings. The Labute approximate surface area is 259 Å². The van der Waals surface area contributed by atoms with Crippen LogP contribution in [0.1, 0.15) is 44.6 Å². The number of pyridine rings is 1. The van der Waals surface area contributed by atoms with E-state index in [4.69, 9.17) is 23.2 Å². The van der Waals surface area contributed by atoms with Gasteiger partial charge < -0.3 is 5.32 Å². The van der Waals surface area contributed by atoms with E-state index >= 15 is 0 Å². The van der Waals surface area contributed by atoms with Crippen LogP contribution >= 0.6 is 23.2 Å². The number of amides is 2. The van der Waals surface area contributed by atoms with E-state index in [1.54, 1.807) is 13.0 Å². The van der Waals surface area contributed by atoms with Crippen LogP contribution in [-0.2, 0) is 29.2 Å². The van der Waals surface area contributed by atoms with E-state index in [-0.39, 0.29) is 38.5 Å². The van der Waals surface area contributed by atoms with E-state index in [1.165, 1.54) is 37.5 Å². The van der Waals surface area contributed by atoms with Gasteiger partial charge in [0.15, 0.2) is 5.82 Å². The molecule has 0 bridgehead atoms. The number of hydrazine groups is 1.